The van der Waals surface area contributed by atoms with E-state index < -0.39 is 6.10 Å². The van der Waals surface area contributed by atoms with Gasteiger partial charge >= 0.3 is 0 Å². The Bertz CT molecular complexity index is 593. The molecule has 124 valence electrons. The Morgan fingerprint density at radius 3 is 2.61 bits per heavy atom. The SMILES string of the molecule is CC(C)c1ccc(OCC(=O)NCCC(O)c2cccs2)cc1. The predicted octanol–water partition coefficient (Wildman–Crippen LogP) is 3.49. The van der Waals surface area contributed by atoms with Gasteiger partial charge < -0.3 is 15.2 Å². The summed E-state index contributed by atoms with van der Waals surface area (Å²) in [6.07, 6.45) is -0.0326. The number of hydrogen-bond acceptors (Lipinski definition) is 4. The van der Waals surface area contributed by atoms with Crippen molar-refractivity contribution in [1.29, 1.82) is 0 Å². The maximum absolute atomic E-state index is 11.7. The molecule has 2 aromatic rings. The predicted molar refractivity (Wildman–Crippen MR) is 92.9 cm³/mol. The zero-order valence-corrected chi connectivity index (χ0v) is 14.3. The van der Waals surface area contributed by atoms with E-state index in [1.165, 1.54) is 16.9 Å². The highest BCUT2D eigenvalue weighted by Crippen LogP contribution is 2.21. The van der Waals surface area contributed by atoms with Gasteiger partial charge in [0.2, 0.25) is 0 Å². The van der Waals surface area contributed by atoms with Gasteiger partial charge in [-0.25, -0.2) is 0 Å². The van der Waals surface area contributed by atoms with Crippen molar-refractivity contribution in [3.05, 3.63) is 52.2 Å². The minimum Gasteiger partial charge on any atom is -0.484 e. The molecule has 0 radical (unpaired) electrons. The number of aliphatic hydroxyl groups is 1. The summed E-state index contributed by atoms with van der Waals surface area (Å²) in [5, 5.41) is 14.6. The summed E-state index contributed by atoms with van der Waals surface area (Å²) in [6, 6.07) is 11.6. The van der Waals surface area contributed by atoms with E-state index in [9.17, 15) is 9.90 Å². The summed E-state index contributed by atoms with van der Waals surface area (Å²) in [5.74, 6) is 0.974. The van der Waals surface area contributed by atoms with Crippen LogP contribution in [0.4, 0.5) is 0 Å². The molecular formula is C18H23NO3S. The Morgan fingerprint density at radius 1 is 1.26 bits per heavy atom. The lowest BCUT2D eigenvalue weighted by Crippen LogP contribution is -2.30. The van der Waals surface area contributed by atoms with E-state index in [1.54, 1.807) is 0 Å². The number of hydrogen-bond donors (Lipinski definition) is 2. The third-order valence-electron chi connectivity index (χ3n) is 3.53. The number of ether oxygens (including phenoxy) is 1. The van der Waals surface area contributed by atoms with Crippen molar-refractivity contribution < 1.29 is 14.6 Å². The van der Waals surface area contributed by atoms with Crippen molar-refractivity contribution >= 4 is 17.2 Å². The van der Waals surface area contributed by atoms with E-state index in [2.05, 4.69) is 19.2 Å². The number of rotatable bonds is 8. The number of carbonyl (C=O) groups is 1. The molecule has 1 aromatic heterocycles. The lowest BCUT2D eigenvalue weighted by atomic mass is 10.0. The maximum atomic E-state index is 11.7. The van der Waals surface area contributed by atoms with Crippen LogP contribution in [-0.2, 0) is 4.79 Å². The Kier molecular flexibility index (Phi) is 6.62. The third kappa shape index (κ3) is 5.69. The van der Waals surface area contributed by atoms with Gasteiger partial charge in [0.1, 0.15) is 5.75 Å². The topological polar surface area (TPSA) is 58.6 Å². The number of carbonyl (C=O) groups excluding carboxylic acids is 1. The van der Waals surface area contributed by atoms with Crippen LogP contribution in [0, 0.1) is 0 Å². The van der Waals surface area contributed by atoms with Crippen molar-refractivity contribution in [2.45, 2.75) is 32.3 Å². The molecular weight excluding hydrogens is 310 g/mol. The minimum atomic E-state index is -0.528. The summed E-state index contributed by atoms with van der Waals surface area (Å²) >= 11 is 1.51. The highest BCUT2D eigenvalue weighted by atomic mass is 32.1. The molecule has 0 saturated carbocycles. The Labute approximate surface area is 141 Å². The second-order valence-electron chi connectivity index (χ2n) is 5.68. The van der Waals surface area contributed by atoms with Gasteiger partial charge in [0, 0.05) is 11.4 Å². The van der Waals surface area contributed by atoms with Gasteiger partial charge in [0.15, 0.2) is 6.61 Å². The molecule has 1 amide bonds. The molecule has 0 aliphatic carbocycles. The van der Waals surface area contributed by atoms with E-state index in [0.717, 1.165) is 4.88 Å². The smallest absolute Gasteiger partial charge is 0.257 e. The lowest BCUT2D eigenvalue weighted by molar-refractivity contribution is -0.123. The monoisotopic (exact) mass is 333 g/mol. The van der Waals surface area contributed by atoms with Crippen LogP contribution in [0.25, 0.3) is 0 Å². The van der Waals surface area contributed by atoms with Crippen molar-refractivity contribution in [3.63, 3.8) is 0 Å². The molecule has 2 rings (SSSR count). The highest BCUT2D eigenvalue weighted by molar-refractivity contribution is 7.10. The second-order valence-corrected chi connectivity index (χ2v) is 6.66. The van der Waals surface area contributed by atoms with Crippen molar-refractivity contribution in [3.8, 4) is 5.75 Å². The van der Waals surface area contributed by atoms with Crippen molar-refractivity contribution in [1.82, 2.24) is 5.32 Å². The fourth-order valence-corrected chi connectivity index (χ4v) is 2.87. The van der Waals surface area contributed by atoms with E-state index in [4.69, 9.17) is 4.74 Å². The molecule has 0 aliphatic heterocycles. The number of benzene rings is 1. The lowest BCUT2D eigenvalue weighted by Gasteiger charge is -2.11. The molecule has 0 spiro atoms. The summed E-state index contributed by atoms with van der Waals surface area (Å²) in [6.45, 7) is 4.67. The molecule has 23 heavy (non-hydrogen) atoms. The zero-order chi connectivity index (χ0) is 16.7. The van der Waals surface area contributed by atoms with Gasteiger partial charge in [-0.15, -0.1) is 11.3 Å². The van der Waals surface area contributed by atoms with Crippen LogP contribution in [0.2, 0.25) is 0 Å². The number of nitrogens with one attached hydrogen (secondary N) is 1. The van der Waals surface area contributed by atoms with Gasteiger partial charge in [-0.2, -0.15) is 0 Å². The zero-order valence-electron chi connectivity index (χ0n) is 13.5. The van der Waals surface area contributed by atoms with Gasteiger partial charge in [-0.3, -0.25) is 4.79 Å². The van der Waals surface area contributed by atoms with Crippen LogP contribution in [-0.4, -0.2) is 24.2 Å². The molecule has 1 aromatic carbocycles. The standard InChI is InChI=1S/C18H23NO3S/c1-13(2)14-5-7-15(8-6-14)22-12-18(21)19-10-9-16(20)17-4-3-11-23-17/h3-8,11,13,16,20H,9-10,12H2,1-2H3,(H,19,21). The molecule has 0 bridgehead atoms. The Hall–Kier alpha value is -1.85. The fraction of sp³-hybridized carbons (Fsp3) is 0.389. The molecule has 1 heterocycles. The maximum Gasteiger partial charge on any atom is 0.257 e. The van der Waals surface area contributed by atoms with Gasteiger partial charge in [-0.05, 0) is 41.5 Å². The van der Waals surface area contributed by atoms with Crippen LogP contribution in [0.5, 0.6) is 5.75 Å². The first kappa shape index (κ1) is 17.5. The van der Waals surface area contributed by atoms with E-state index in [-0.39, 0.29) is 12.5 Å². The van der Waals surface area contributed by atoms with Gasteiger partial charge in [0.05, 0.1) is 6.10 Å². The normalized spacial score (nSPS) is 12.2. The van der Waals surface area contributed by atoms with Crippen molar-refractivity contribution in [2.24, 2.45) is 0 Å². The first-order valence-electron chi connectivity index (χ1n) is 7.77. The second kappa shape index (κ2) is 8.70. The first-order valence-corrected chi connectivity index (χ1v) is 8.65. The molecule has 5 heteroatoms. The van der Waals surface area contributed by atoms with Crippen molar-refractivity contribution in [2.75, 3.05) is 13.2 Å². The van der Waals surface area contributed by atoms with E-state index in [1.807, 2.05) is 41.8 Å². The molecule has 4 nitrogen and oxygen atoms in total. The number of thiophene rings is 1. The minimum absolute atomic E-state index is 0.0177. The molecule has 1 atom stereocenters. The van der Waals surface area contributed by atoms with E-state index >= 15 is 0 Å². The molecule has 0 saturated heterocycles. The number of aliphatic hydroxyl groups excluding tert-OH is 1. The first-order chi connectivity index (χ1) is 11.1. The average molecular weight is 333 g/mol. The summed E-state index contributed by atoms with van der Waals surface area (Å²) in [7, 11) is 0. The van der Waals surface area contributed by atoms with Gasteiger partial charge in [-0.1, -0.05) is 32.0 Å². The summed E-state index contributed by atoms with van der Waals surface area (Å²) in [5.41, 5.74) is 1.24. The summed E-state index contributed by atoms with van der Waals surface area (Å²) < 4.78 is 5.46. The Morgan fingerprint density at radius 2 is 2.00 bits per heavy atom. The fourth-order valence-electron chi connectivity index (χ4n) is 2.12. The third-order valence-corrected chi connectivity index (χ3v) is 4.50. The largest absolute Gasteiger partial charge is 0.484 e. The van der Waals surface area contributed by atoms with Crippen LogP contribution in [0.1, 0.15) is 42.7 Å². The molecule has 0 fully saturated rings. The number of amides is 1. The highest BCUT2D eigenvalue weighted by Gasteiger charge is 2.09. The Balaban J connectivity index is 1.67. The van der Waals surface area contributed by atoms with E-state index in [0.29, 0.717) is 24.6 Å². The molecule has 0 aliphatic rings. The quantitative estimate of drug-likeness (QED) is 0.777. The molecule has 2 N–H and O–H groups in total. The van der Waals surface area contributed by atoms with Gasteiger partial charge in [0.25, 0.3) is 5.91 Å². The average Bonchev–Trinajstić information content (AvgIpc) is 3.07. The van der Waals surface area contributed by atoms with Crippen LogP contribution >= 0.6 is 11.3 Å². The molecule has 1 unspecified atom stereocenters. The van der Waals surface area contributed by atoms with Crippen LogP contribution in [0.3, 0.4) is 0 Å². The van der Waals surface area contributed by atoms with Crippen LogP contribution < -0.4 is 10.1 Å². The summed E-state index contributed by atoms with van der Waals surface area (Å²) in [4.78, 5) is 12.7. The van der Waals surface area contributed by atoms with Crippen LogP contribution in [0.15, 0.2) is 41.8 Å².